The summed E-state index contributed by atoms with van der Waals surface area (Å²) in [5.41, 5.74) is 4.94. The molecular weight excluding hydrogens is 257 g/mol. The Morgan fingerprint density at radius 2 is 2.26 bits per heavy atom. The molecule has 104 valence electrons. The molecule has 0 spiro atoms. The van der Waals surface area contributed by atoms with Gasteiger partial charge in [-0.3, -0.25) is 14.9 Å². The Bertz CT molecular complexity index is 477. The van der Waals surface area contributed by atoms with Gasteiger partial charge in [-0.2, -0.15) is 0 Å². The second-order valence-electron chi connectivity index (χ2n) is 3.80. The third-order valence-electron chi connectivity index (χ3n) is 2.39. The van der Waals surface area contributed by atoms with Gasteiger partial charge in [-0.1, -0.05) is 0 Å². The molecule has 0 radical (unpaired) electrons. The fourth-order valence-corrected chi connectivity index (χ4v) is 1.43. The predicted octanol–water partition coefficient (Wildman–Crippen LogP) is 1.04. The molecule has 3 N–H and O–H groups in total. The van der Waals surface area contributed by atoms with Gasteiger partial charge in [-0.15, -0.1) is 0 Å². The summed E-state index contributed by atoms with van der Waals surface area (Å²) >= 11 is 0. The van der Waals surface area contributed by atoms with E-state index in [0.717, 1.165) is 18.2 Å². The van der Waals surface area contributed by atoms with Crippen molar-refractivity contribution in [1.82, 2.24) is 0 Å². The Balaban J connectivity index is 2.76. The van der Waals surface area contributed by atoms with E-state index in [1.54, 1.807) is 0 Å². The Morgan fingerprint density at radius 1 is 1.58 bits per heavy atom. The third kappa shape index (κ3) is 4.60. The van der Waals surface area contributed by atoms with Crippen LogP contribution < -0.4 is 11.1 Å². The number of carbonyl (C=O) groups is 1. The number of nitro groups is 1. The number of carbonyl (C=O) groups excluding carboxylic acids is 1. The van der Waals surface area contributed by atoms with Gasteiger partial charge in [0.15, 0.2) is 0 Å². The van der Waals surface area contributed by atoms with E-state index in [-0.39, 0.29) is 18.7 Å². The van der Waals surface area contributed by atoms with Crippen molar-refractivity contribution in [3.63, 3.8) is 0 Å². The molecule has 0 aliphatic heterocycles. The Kier molecular flexibility index (Phi) is 5.34. The topological polar surface area (TPSA) is 107 Å². The van der Waals surface area contributed by atoms with E-state index < -0.39 is 28.4 Å². The lowest BCUT2D eigenvalue weighted by molar-refractivity contribution is -0.385. The molecular formula is C11H14FN3O4. The molecule has 0 bridgehead atoms. The Labute approximate surface area is 108 Å². The number of nitrogens with one attached hydrogen (secondary N) is 1. The number of nitrogens with zero attached hydrogens (tertiary/aromatic N) is 1. The normalized spacial score (nSPS) is 11.9. The minimum atomic E-state index is -0.799. The van der Waals surface area contributed by atoms with Crippen molar-refractivity contribution in [1.29, 1.82) is 0 Å². The van der Waals surface area contributed by atoms with Crippen LogP contribution in [-0.2, 0) is 9.53 Å². The fourth-order valence-electron chi connectivity index (χ4n) is 1.43. The lowest BCUT2D eigenvalue weighted by Crippen LogP contribution is -2.28. The van der Waals surface area contributed by atoms with Crippen LogP contribution in [0.3, 0.4) is 0 Å². The molecule has 1 aromatic rings. The zero-order chi connectivity index (χ0) is 14.4. The van der Waals surface area contributed by atoms with Gasteiger partial charge in [0.1, 0.15) is 5.82 Å². The molecule has 0 saturated heterocycles. The highest BCUT2D eigenvalue weighted by molar-refractivity contribution is 5.91. The van der Waals surface area contributed by atoms with E-state index in [1.807, 2.05) is 0 Å². The van der Waals surface area contributed by atoms with E-state index in [9.17, 15) is 19.3 Å². The molecule has 8 heteroatoms. The molecule has 1 amide bonds. The van der Waals surface area contributed by atoms with E-state index >= 15 is 0 Å². The first-order valence-electron chi connectivity index (χ1n) is 5.44. The van der Waals surface area contributed by atoms with Crippen LogP contribution in [0.1, 0.15) is 6.42 Å². The number of nitrogens with two attached hydrogens (primary N) is 1. The second-order valence-corrected chi connectivity index (χ2v) is 3.80. The number of nitro benzene ring substituents is 1. The fraction of sp³-hybridized carbons (Fsp3) is 0.364. The summed E-state index contributed by atoms with van der Waals surface area (Å²) in [5, 5.41) is 12.9. The summed E-state index contributed by atoms with van der Waals surface area (Å²) in [7, 11) is 1.41. The van der Waals surface area contributed by atoms with Crippen LogP contribution in [0.4, 0.5) is 15.8 Å². The highest BCUT2D eigenvalue weighted by Gasteiger charge is 2.14. The van der Waals surface area contributed by atoms with E-state index in [2.05, 4.69) is 5.32 Å². The Morgan fingerprint density at radius 3 is 2.79 bits per heavy atom. The highest BCUT2D eigenvalue weighted by atomic mass is 19.1. The first-order valence-corrected chi connectivity index (χ1v) is 5.44. The van der Waals surface area contributed by atoms with E-state index in [0.29, 0.717) is 0 Å². The molecule has 19 heavy (non-hydrogen) atoms. The average molecular weight is 271 g/mol. The predicted molar refractivity (Wildman–Crippen MR) is 66.2 cm³/mol. The van der Waals surface area contributed by atoms with Gasteiger partial charge >= 0.3 is 0 Å². The molecule has 0 aliphatic rings. The summed E-state index contributed by atoms with van der Waals surface area (Å²) in [6, 6.07) is 2.84. The maximum atomic E-state index is 13.1. The number of methoxy groups -OCH3 is 1. The summed E-state index contributed by atoms with van der Waals surface area (Å²) in [4.78, 5) is 21.4. The largest absolute Gasteiger partial charge is 0.380 e. The summed E-state index contributed by atoms with van der Waals surface area (Å²) in [6.45, 7) is 0.160. The number of benzene rings is 1. The number of hydrogen-bond donors (Lipinski definition) is 2. The van der Waals surface area contributed by atoms with Crippen LogP contribution in [-0.4, -0.2) is 30.6 Å². The molecule has 0 aliphatic carbocycles. The first-order chi connectivity index (χ1) is 8.96. The molecule has 1 rings (SSSR count). The van der Waals surface area contributed by atoms with Gasteiger partial charge in [0.25, 0.3) is 5.69 Å². The SMILES string of the molecule is COC(CN)CC(=O)Nc1cc(F)cc([N+](=O)[O-])c1. The van der Waals surface area contributed by atoms with Crippen molar-refractivity contribution in [3.8, 4) is 0 Å². The van der Waals surface area contributed by atoms with Crippen molar-refractivity contribution in [2.75, 3.05) is 19.0 Å². The molecule has 0 aromatic heterocycles. The third-order valence-corrected chi connectivity index (χ3v) is 2.39. The number of anilines is 1. The molecule has 0 saturated carbocycles. The number of amides is 1. The standard InChI is InChI=1S/C11H14FN3O4/c1-19-10(6-13)5-11(16)14-8-2-7(12)3-9(4-8)15(17)18/h2-4,10H,5-6,13H2,1H3,(H,14,16). The summed E-state index contributed by atoms with van der Waals surface area (Å²) < 4.78 is 18.1. The van der Waals surface area contributed by atoms with Crippen molar-refractivity contribution < 1.29 is 18.8 Å². The van der Waals surface area contributed by atoms with Gasteiger partial charge in [0.05, 0.1) is 29.2 Å². The number of non-ortho nitro benzene ring substituents is 1. The van der Waals surface area contributed by atoms with Gasteiger partial charge in [-0.05, 0) is 6.07 Å². The number of rotatable bonds is 6. The molecule has 7 nitrogen and oxygen atoms in total. The smallest absolute Gasteiger partial charge is 0.274 e. The van der Waals surface area contributed by atoms with Crippen molar-refractivity contribution in [3.05, 3.63) is 34.1 Å². The van der Waals surface area contributed by atoms with Crippen LogP contribution in [0.2, 0.25) is 0 Å². The number of hydrogen-bond acceptors (Lipinski definition) is 5. The minimum Gasteiger partial charge on any atom is -0.380 e. The highest BCUT2D eigenvalue weighted by Crippen LogP contribution is 2.20. The first kappa shape index (κ1) is 15.0. The zero-order valence-corrected chi connectivity index (χ0v) is 10.3. The molecule has 1 atom stereocenters. The molecule has 0 fully saturated rings. The van der Waals surface area contributed by atoms with Crippen molar-refractivity contribution in [2.24, 2.45) is 5.73 Å². The number of ether oxygens (including phenoxy) is 1. The van der Waals surface area contributed by atoms with Crippen molar-refractivity contribution in [2.45, 2.75) is 12.5 Å². The second kappa shape index (κ2) is 6.76. The number of halogens is 1. The lowest BCUT2D eigenvalue weighted by atomic mass is 10.2. The van der Waals surface area contributed by atoms with Crippen LogP contribution in [0.15, 0.2) is 18.2 Å². The minimum absolute atomic E-state index is 0.0166. The average Bonchev–Trinajstić information content (AvgIpc) is 2.35. The van der Waals surface area contributed by atoms with Crippen LogP contribution in [0.5, 0.6) is 0 Å². The van der Waals surface area contributed by atoms with E-state index in [4.69, 9.17) is 10.5 Å². The van der Waals surface area contributed by atoms with Crippen LogP contribution >= 0.6 is 0 Å². The van der Waals surface area contributed by atoms with Gasteiger partial charge in [0.2, 0.25) is 5.91 Å². The molecule has 1 aromatic carbocycles. The lowest BCUT2D eigenvalue weighted by Gasteiger charge is -2.12. The quantitative estimate of drug-likeness (QED) is 0.593. The molecule has 1 unspecified atom stereocenters. The summed E-state index contributed by atoms with van der Waals surface area (Å²) in [5.74, 6) is -1.26. The van der Waals surface area contributed by atoms with Crippen molar-refractivity contribution >= 4 is 17.3 Å². The monoisotopic (exact) mass is 271 g/mol. The van der Waals surface area contributed by atoms with E-state index in [1.165, 1.54) is 7.11 Å². The Hall–Kier alpha value is -2.06. The summed E-state index contributed by atoms with van der Waals surface area (Å²) in [6.07, 6.45) is -0.472. The van der Waals surface area contributed by atoms with Gasteiger partial charge < -0.3 is 15.8 Å². The van der Waals surface area contributed by atoms with Gasteiger partial charge in [-0.25, -0.2) is 4.39 Å². The molecule has 0 heterocycles. The maximum Gasteiger partial charge on any atom is 0.274 e. The van der Waals surface area contributed by atoms with Crippen LogP contribution in [0.25, 0.3) is 0 Å². The van der Waals surface area contributed by atoms with Gasteiger partial charge in [0, 0.05) is 19.7 Å². The van der Waals surface area contributed by atoms with Crippen LogP contribution in [0, 0.1) is 15.9 Å². The zero-order valence-electron chi connectivity index (χ0n) is 10.3. The maximum absolute atomic E-state index is 13.1.